The van der Waals surface area contributed by atoms with E-state index < -0.39 is 17.7 Å². The third kappa shape index (κ3) is 4.04. The number of hydrogen-bond donors (Lipinski definition) is 1. The minimum absolute atomic E-state index is 0.0298. The lowest BCUT2D eigenvalue weighted by molar-refractivity contribution is -0.141. The van der Waals surface area contributed by atoms with Gasteiger partial charge >= 0.3 is 0 Å². The second kappa shape index (κ2) is 9.10. The number of aliphatic hydroxyl groups is 1. The summed E-state index contributed by atoms with van der Waals surface area (Å²) in [4.78, 5) is 32.0. The van der Waals surface area contributed by atoms with Crippen LogP contribution in [0, 0.1) is 0 Å². The van der Waals surface area contributed by atoms with E-state index in [2.05, 4.69) is 4.98 Å². The van der Waals surface area contributed by atoms with Gasteiger partial charge in [-0.2, -0.15) is 0 Å². The molecule has 31 heavy (non-hydrogen) atoms. The summed E-state index contributed by atoms with van der Waals surface area (Å²) in [7, 11) is 0. The number of carbonyl (C=O) groups is 2. The molecular weight excluding hydrogens is 416 g/mol. The fraction of sp³-hybridized carbons (Fsp3) is 0.375. The predicted octanol–water partition coefficient (Wildman–Crippen LogP) is 4.89. The molecule has 2 heterocycles. The number of aromatic nitrogens is 1. The topological polar surface area (TPSA) is 79.7 Å². The molecule has 2 aliphatic rings. The van der Waals surface area contributed by atoms with Crippen LogP contribution in [0.4, 0.5) is 0 Å². The maximum atomic E-state index is 13.2. The first-order valence-electron chi connectivity index (χ1n) is 10.7. The number of nitrogens with zero attached hydrogens (tertiary/aromatic N) is 2. The monoisotopic (exact) mass is 440 g/mol. The van der Waals surface area contributed by atoms with Gasteiger partial charge in [0.25, 0.3) is 11.7 Å². The highest BCUT2D eigenvalue weighted by molar-refractivity contribution is 6.46. The van der Waals surface area contributed by atoms with Crippen LogP contribution in [0.3, 0.4) is 0 Å². The zero-order chi connectivity index (χ0) is 22.0. The van der Waals surface area contributed by atoms with E-state index in [1.165, 1.54) is 0 Å². The summed E-state index contributed by atoms with van der Waals surface area (Å²) in [6.07, 6.45) is 8.13. The molecule has 7 heteroatoms. The number of ketones is 1. The minimum atomic E-state index is -0.669. The maximum Gasteiger partial charge on any atom is 0.295 e. The van der Waals surface area contributed by atoms with Crippen molar-refractivity contribution in [3.05, 3.63) is 64.4 Å². The van der Waals surface area contributed by atoms with Crippen molar-refractivity contribution < 1.29 is 19.4 Å². The molecule has 4 rings (SSSR count). The summed E-state index contributed by atoms with van der Waals surface area (Å²) in [5.74, 6) is -1.04. The molecule has 1 amide bonds. The molecule has 1 saturated carbocycles. The van der Waals surface area contributed by atoms with Gasteiger partial charge in [-0.3, -0.25) is 14.6 Å². The SMILES string of the molecule is CCOc1cc(/C(O)=C2/C(=O)C(=O)N(C3CCCCC3)C2c2ccncc2)ccc1Cl. The van der Waals surface area contributed by atoms with Gasteiger partial charge in [0, 0.05) is 24.0 Å². The van der Waals surface area contributed by atoms with Crippen LogP contribution in [-0.2, 0) is 9.59 Å². The van der Waals surface area contributed by atoms with Crippen molar-refractivity contribution in [2.24, 2.45) is 0 Å². The van der Waals surface area contributed by atoms with Crippen molar-refractivity contribution in [1.82, 2.24) is 9.88 Å². The number of amides is 1. The molecule has 1 aliphatic carbocycles. The Balaban J connectivity index is 1.85. The molecule has 1 N–H and O–H groups in total. The fourth-order valence-corrected chi connectivity index (χ4v) is 4.70. The van der Waals surface area contributed by atoms with Gasteiger partial charge in [0.2, 0.25) is 0 Å². The first kappa shape index (κ1) is 21.4. The third-order valence-electron chi connectivity index (χ3n) is 5.97. The largest absolute Gasteiger partial charge is 0.507 e. The van der Waals surface area contributed by atoms with Gasteiger partial charge in [-0.25, -0.2) is 0 Å². The van der Waals surface area contributed by atoms with Gasteiger partial charge < -0.3 is 14.7 Å². The number of hydrogen-bond acceptors (Lipinski definition) is 5. The second-order valence-electron chi connectivity index (χ2n) is 7.86. The summed E-state index contributed by atoms with van der Waals surface area (Å²) >= 11 is 6.18. The molecule has 2 fully saturated rings. The highest BCUT2D eigenvalue weighted by atomic mass is 35.5. The number of halogens is 1. The van der Waals surface area contributed by atoms with Crippen LogP contribution in [0.1, 0.15) is 56.2 Å². The van der Waals surface area contributed by atoms with Crippen LogP contribution in [0.5, 0.6) is 5.75 Å². The summed E-state index contributed by atoms with van der Waals surface area (Å²) in [5, 5.41) is 11.6. The second-order valence-corrected chi connectivity index (χ2v) is 8.26. The van der Waals surface area contributed by atoms with Crippen molar-refractivity contribution in [1.29, 1.82) is 0 Å². The Morgan fingerprint density at radius 3 is 2.55 bits per heavy atom. The van der Waals surface area contributed by atoms with Crippen molar-refractivity contribution >= 4 is 29.1 Å². The Labute approximate surface area is 186 Å². The molecular formula is C24H25ClN2O4. The quantitative estimate of drug-likeness (QED) is 0.407. The number of aliphatic hydroxyl groups excluding tert-OH is 1. The molecule has 1 atom stereocenters. The summed E-state index contributed by atoms with van der Waals surface area (Å²) in [6.45, 7) is 2.25. The van der Waals surface area contributed by atoms with Gasteiger partial charge in [0.05, 0.1) is 23.2 Å². The summed E-state index contributed by atoms with van der Waals surface area (Å²) < 4.78 is 5.53. The number of ether oxygens (including phenoxy) is 1. The Morgan fingerprint density at radius 2 is 1.87 bits per heavy atom. The average Bonchev–Trinajstić information content (AvgIpc) is 3.07. The van der Waals surface area contributed by atoms with Crippen LogP contribution in [0.2, 0.25) is 5.02 Å². The molecule has 6 nitrogen and oxygen atoms in total. The van der Waals surface area contributed by atoms with Gasteiger partial charge in [-0.1, -0.05) is 30.9 Å². The van der Waals surface area contributed by atoms with E-state index in [0.717, 1.165) is 37.7 Å². The zero-order valence-electron chi connectivity index (χ0n) is 17.4. The van der Waals surface area contributed by atoms with Gasteiger partial charge in [0.15, 0.2) is 0 Å². The van der Waals surface area contributed by atoms with E-state index >= 15 is 0 Å². The normalized spacial score (nSPS) is 21.5. The Hall–Kier alpha value is -2.86. The lowest BCUT2D eigenvalue weighted by atomic mass is 9.91. The molecule has 2 aromatic rings. The molecule has 0 bridgehead atoms. The standard InChI is InChI=1S/C24H25ClN2O4/c1-2-31-19-14-16(8-9-18(19)25)22(28)20-21(15-10-12-26-13-11-15)27(24(30)23(20)29)17-6-4-3-5-7-17/h8-14,17,21,28H,2-7H2,1H3/b22-20-. The lowest BCUT2D eigenvalue weighted by Gasteiger charge is -2.35. The van der Waals surface area contributed by atoms with E-state index in [0.29, 0.717) is 22.9 Å². The van der Waals surface area contributed by atoms with Gasteiger partial charge in [-0.15, -0.1) is 0 Å². The lowest BCUT2D eigenvalue weighted by Crippen LogP contribution is -2.40. The molecule has 1 saturated heterocycles. The molecule has 1 unspecified atom stereocenters. The van der Waals surface area contributed by atoms with Crippen LogP contribution >= 0.6 is 11.6 Å². The van der Waals surface area contributed by atoms with E-state index in [1.807, 2.05) is 6.92 Å². The first-order chi connectivity index (χ1) is 15.0. The van der Waals surface area contributed by atoms with E-state index in [9.17, 15) is 14.7 Å². The first-order valence-corrected chi connectivity index (χ1v) is 11.0. The van der Waals surface area contributed by atoms with Crippen molar-refractivity contribution in [3.8, 4) is 5.75 Å². The average molecular weight is 441 g/mol. The third-order valence-corrected chi connectivity index (χ3v) is 6.29. The molecule has 1 aliphatic heterocycles. The van der Waals surface area contributed by atoms with Crippen LogP contribution in [0.15, 0.2) is 48.3 Å². The van der Waals surface area contributed by atoms with Crippen molar-refractivity contribution in [2.45, 2.75) is 51.1 Å². The minimum Gasteiger partial charge on any atom is -0.507 e. The number of benzene rings is 1. The predicted molar refractivity (Wildman–Crippen MR) is 118 cm³/mol. The number of pyridine rings is 1. The Kier molecular flexibility index (Phi) is 6.28. The highest BCUT2D eigenvalue weighted by Crippen LogP contribution is 2.43. The number of Topliss-reactive ketones (excluding diaryl/α,β-unsaturated/α-hetero) is 1. The molecule has 0 radical (unpaired) electrons. The van der Waals surface area contributed by atoms with Crippen molar-refractivity contribution in [3.63, 3.8) is 0 Å². The molecule has 1 aromatic heterocycles. The van der Waals surface area contributed by atoms with Gasteiger partial charge in [0.1, 0.15) is 11.5 Å². The summed E-state index contributed by atoms with van der Waals surface area (Å²) in [6, 6.07) is 7.71. The number of likely N-dealkylation sites (tertiary alicyclic amines) is 1. The van der Waals surface area contributed by atoms with Gasteiger partial charge in [-0.05, 0) is 55.7 Å². The van der Waals surface area contributed by atoms with E-state index in [4.69, 9.17) is 16.3 Å². The smallest absolute Gasteiger partial charge is 0.295 e. The van der Waals surface area contributed by atoms with Crippen LogP contribution in [0.25, 0.3) is 5.76 Å². The number of rotatable bonds is 5. The molecule has 1 aromatic carbocycles. The highest BCUT2D eigenvalue weighted by Gasteiger charge is 2.48. The fourth-order valence-electron chi connectivity index (χ4n) is 4.53. The van der Waals surface area contributed by atoms with Crippen molar-refractivity contribution in [2.75, 3.05) is 6.61 Å². The van der Waals surface area contributed by atoms with Crippen LogP contribution in [-0.4, -0.2) is 39.3 Å². The van der Waals surface area contributed by atoms with Crippen LogP contribution < -0.4 is 4.74 Å². The maximum absolute atomic E-state index is 13.2. The molecule has 0 spiro atoms. The Morgan fingerprint density at radius 1 is 1.16 bits per heavy atom. The summed E-state index contributed by atoms with van der Waals surface area (Å²) in [5.41, 5.74) is 1.22. The number of carbonyl (C=O) groups excluding carboxylic acids is 2. The zero-order valence-corrected chi connectivity index (χ0v) is 18.1. The Bertz CT molecular complexity index is 1020. The molecule has 162 valence electrons. The van der Waals surface area contributed by atoms with E-state index in [-0.39, 0.29) is 17.4 Å². The van der Waals surface area contributed by atoms with E-state index in [1.54, 1.807) is 47.6 Å².